The van der Waals surface area contributed by atoms with Gasteiger partial charge in [-0.3, -0.25) is 0 Å². The van der Waals surface area contributed by atoms with Crippen molar-refractivity contribution in [3.05, 3.63) is 11.6 Å². The summed E-state index contributed by atoms with van der Waals surface area (Å²) in [4.78, 5) is 11.7. The van der Waals surface area contributed by atoms with Gasteiger partial charge in [-0.15, -0.1) is 0 Å². The Morgan fingerprint density at radius 2 is 1.86 bits per heavy atom. The van der Waals surface area contributed by atoms with Crippen LogP contribution in [0.4, 0.5) is 0 Å². The zero-order chi connectivity index (χ0) is 20.2. The van der Waals surface area contributed by atoms with Gasteiger partial charge in [-0.1, -0.05) is 6.92 Å². The molecule has 6 nitrogen and oxygen atoms in total. The molecule has 4 aliphatic carbocycles. The molecule has 0 unspecified atom stereocenters. The zero-order valence-electron chi connectivity index (χ0n) is 17.1. The Labute approximate surface area is 171 Å². The highest BCUT2D eigenvalue weighted by atomic mass is 16.6. The minimum Gasteiger partial charge on any atom is -0.458 e. The highest BCUT2D eigenvalue weighted by Gasteiger charge is 2.79. The Hall–Kier alpha value is -0.950. The third kappa shape index (κ3) is 2.05. The van der Waals surface area contributed by atoms with Crippen LogP contribution >= 0.6 is 0 Å². The molecule has 9 atom stereocenters. The Morgan fingerprint density at radius 1 is 1.03 bits per heavy atom. The van der Waals surface area contributed by atoms with Crippen LogP contribution in [0.5, 0.6) is 0 Å². The predicted octanol–water partition coefficient (Wildman–Crippen LogP) is 2.06. The van der Waals surface area contributed by atoms with Crippen molar-refractivity contribution in [3.8, 4) is 0 Å². The van der Waals surface area contributed by atoms with Crippen LogP contribution in [0.1, 0.15) is 64.7 Å². The van der Waals surface area contributed by atoms with Crippen molar-refractivity contribution >= 4 is 5.97 Å². The summed E-state index contributed by atoms with van der Waals surface area (Å²) in [5.74, 6) is 0.527. The van der Waals surface area contributed by atoms with E-state index < -0.39 is 29.0 Å². The monoisotopic (exact) mass is 404 g/mol. The van der Waals surface area contributed by atoms with Crippen LogP contribution in [-0.2, 0) is 14.3 Å². The molecule has 160 valence electrons. The Balaban J connectivity index is 1.40. The van der Waals surface area contributed by atoms with Crippen LogP contribution in [-0.4, -0.2) is 51.5 Å². The van der Waals surface area contributed by atoms with Crippen LogP contribution in [0.2, 0.25) is 0 Å². The number of aliphatic hydroxyl groups is 3. The van der Waals surface area contributed by atoms with Crippen LogP contribution in [0.15, 0.2) is 11.6 Å². The number of ether oxygens (including phenoxy) is 2. The van der Waals surface area contributed by atoms with E-state index in [-0.39, 0.29) is 17.3 Å². The first-order valence-electron chi connectivity index (χ1n) is 11.4. The largest absolute Gasteiger partial charge is 0.458 e. The molecule has 29 heavy (non-hydrogen) atoms. The van der Waals surface area contributed by atoms with E-state index in [0.717, 1.165) is 37.7 Å². The summed E-state index contributed by atoms with van der Waals surface area (Å²) in [6.07, 6.45) is 7.10. The molecule has 2 bridgehead atoms. The smallest absolute Gasteiger partial charge is 0.331 e. The molecule has 0 radical (unpaired) electrons. The lowest BCUT2D eigenvalue weighted by molar-refractivity contribution is -0.231. The van der Waals surface area contributed by atoms with E-state index in [0.29, 0.717) is 44.1 Å². The second-order valence-electron chi connectivity index (χ2n) is 11.0. The minimum atomic E-state index is -1.05. The first-order valence-corrected chi connectivity index (χ1v) is 11.4. The molecule has 2 heterocycles. The van der Waals surface area contributed by atoms with E-state index in [4.69, 9.17) is 9.47 Å². The van der Waals surface area contributed by atoms with Gasteiger partial charge in [-0.25, -0.2) is 4.79 Å². The summed E-state index contributed by atoms with van der Waals surface area (Å²) in [6, 6.07) is 0. The van der Waals surface area contributed by atoms with E-state index in [1.165, 1.54) is 0 Å². The normalized spacial score (nSPS) is 58.3. The lowest BCUT2D eigenvalue weighted by atomic mass is 9.42. The zero-order valence-corrected chi connectivity index (χ0v) is 17.1. The standard InChI is InChI=1S/C23H32O6/c1-20-6-5-17-22-7-4-14(24)11-21(22,27)8-9-23(17,29-19(22)26)16(20)3-2-15(20)13-10-18(25)28-12-13/h10,14-17,19,24,26-27H,2-9,11-12H2,1H3/t14-,15-,16-,17-,19-,20-,21+,22-,23-/m0/s1. The van der Waals surface area contributed by atoms with Crippen molar-refractivity contribution in [1.82, 2.24) is 0 Å². The summed E-state index contributed by atoms with van der Waals surface area (Å²) in [7, 11) is 0. The molecular formula is C23H32O6. The molecule has 4 saturated carbocycles. The molecule has 3 N–H and O–H groups in total. The molecule has 6 rings (SSSR count). The number of aliphatic hydroxyl groups excluding tert-OH is 2. The summed E-state index contributed by atoms with van der Waals surface area (Å²) in [6.45, 7) is 2.75. The maximum atomic E-state index is 11.7. The van der Waals surface area contributed by atoms with Gasteiger partial charge in [-0.05, 0) is 74.2 Å². The number of cyclic esters (lactones) is 1. The third-order valence-corrected chi connectivity index (χ3v) is 10.3. The van der Waals surface area contributed by atoms with Crippen molar-refractivity contribution in [2.24, 2.45) is 28.6 Å². The summed E-state index contributed by atoms with van der Waals surface area (Å²) >= 11 is 0. The van der Waals surface area contributed by atoms with Gasteiger partial charge in [0.1, 0.15) is 6.61 Å². The average molecular weight is 405 g/mol. The van der Waals surface area contributed by atoms with Crippen molar-refractivity contribution in [2.45, 2.75) is 88.3 Å². The molecule has 5 fully saturated rings. The van der Waals surface area contributed by atoms with Gasteiger partial charge in [-0.2, -0.15) is 0 Å². The number of hydrogen-bond acceptors (Lipinski definition) is 6. The van der Waals surface area contributed by atoms with Gasteiger partial charge in [0, 0.05) is 18.4 Å². The predicted molar refractivity (Wildman–Crippen MR) is 102 cm³/mol. The second kappa shape index (κ2) is 5.64. The van der Waals surface area contributed by atoms with E-state index in [1.54, 1.807) is 6.08 Å². The molecule has 0 aromatic heterocycles. The number of hydrogen-bond donors (Lipinski definition) is 3. The lowest BCUT2D eigenvalue weighted by Gasteiger charge is -2.63. The number of fused-ring (bicyclic) bond motifs is 1. The highest BCUT2D eigenvalue weighted by molar-refractivity contribution is 5.85. The van der Waals surface area contributed by atoms with Crippen LogP contribution in [0.25, 0.3) is 0 Å². The van der Waals surface area contributed by atoms with Gasteiger partial charge in [0.05, 0.1) is 22.7 Å². The molecular weight excluding hydrogens is 372 g/mol. The fraction of sp³-hybridized carbons (Fsp3) is 0.870. The fourth-order valence-corrected chi connectivity index (χ4v) is 9.19. The quantitative estimate of drug-likeness (QED) is 0.579. The van der Waals surface area contributed by atoms with Gasteiger partial charge in [0.2, 0.25) is 0 Å². The molecule has 1 spiro atoms. The Kier molecular flexibility index (Phi) is 3.65. The first kappa shape index (κ1) is 18.8. The lowest BCUT2D eigenvalue weighted by Crippen LogP contribution is -2.67. The van der Waals surface area contributed by atoms with Crippen molar-refractivity contribution < 1.29 is 29.6 Å². The highest BCUT2D eigenvalue weighted by Crippen LogP contribution is 2.75. The third-order valence-electron chi connectivity index (χ3n) is 10.3. The van der Waals surface area contributed by atoms with E-state index >= 15 is 0 Å². The van der Waals surface area contributed by atoms with Crippen LogP contribution < -0.4 is 0 Å². The summed E-state index contributed by atoms with van der Waals surface area (Å²) in [5, 5.41) is 33.1. The van der Waals surface area contributed by atoms with Gasteiger partial charge in [0.25, 0.3) is 0 Å². The maximum absolute atomic E-state index is 11.7. The Morgan fingerprint density at radius 3 is 2.62 bits per heavy atom. The first-order chi connectivity index (χ1) is 13.8. The van der Waals surface area contributed by atoms with Crippen molar-refractivity contribution in [1.29, 1.82) is 0 Å². The number of esters is 1. The maximum Gasteiger partial charge on any atom is 0.331 e. The average Bonchev–Trinajstić information content (AvgIpc) is 3.29. The van der Waals surface area contributed by atoms with Gasteiger partial charge in [0.15, 0.2) is 6.29 Å². The summed E-state index contributed by atoms with van der Waals surface area (Å²) < 4.78 is 11.8. The SMILES string of the molecule is C[C@@]12CC[C@@H]3[C@]4(CC[C@@]5(O)C[C@@H](O)CC[C@@]35[C@@H](O)O4)[C@H]1CC[C@H]2C1=CC(=O)OC1. The van der Waals surface area contributed by atoms with Crippen LogP contribution in [0, 0.1) is 28.6 Å². The van der Waals surface area contributed by atoms with Crippen LogP contribution in [0.3, 0.4) is 0 Å². The molecule has 6 aliphatic rings. The minimum absolute atomic E-state index is 0.0190. The second-order valence-corrected chi connectivity index (χ2v) is 11.0. The fourth-order valence-electron chi connectivity index (χ4n) is 9.19. The van der Waals surface area contributed by atoms with Crippen molar-refractivity contribution in [2.75, 3.05) is 6.61 Å². The molecule has 0 aromatic rings. The molecule has 1 saturated heterocycles. The molecule has 0 aromatic carbocycles. The van der Waals surface area contributed by atoms with E-state index in [1.807, 2.05) is 0 Å². The molecule has 2 aliphatic heterocycles. The topological polar surface area (TPSA) is 96.2 Å². The van der Waals surface area contributed by atoms with E-state index in [9.17, 15) is 20.1 Å². The molecule has 6 heteroatoms. The van der Waals surface area contributed by atoms with Crippen molar-refractivity contribution in [3.63, 3.8) is 0 Å². The van der Waals surface area contributed by atoms with Gasteiger partial charge < -0.3 is 24.8 Å². The van der Waals surface area contributed by atoms with Gasteiger partial charge >= 0.3 is 5.97 Å². The number of carbonyl (C=O) groups excluding carboxylic acids is 1. The number of carbonyl (C=O) groups is 1. The van der Waals surface area contributed by atoms with E-state index in [2.05, 4.69) is 6.92 Å². The number of rotatable bonds is 1. The summed E-state index contributed by atoms with van der Waals surface area (Å²) in [5.41, 5.74) is -0.967. The molecule has 0 amide bonds. The Bertz CT molecular complexity index is 794.